The van der Waals surface area contributed by atoms with E-state index in [9.17, 15) is 4.79 Å². The molecule has 23 heavy (non-hydrogen) atoms. The van der Waals surface area contributed by atoms with Crippen LogP contribution in [0, 0.1) is 0 Å². The lowest BCUT2D eigenvalue weighted by Gasteiger charge is -2.19. The van der Waals surface area contributed by atoms with Crippen LogP contribution in [0.15, 0.2) is 42.6 Å². The number of nitrogens with one attached hydrogen (secondary N) is 2. The second-order valence-corrected chi connectivity index (χ2v) is 6.90. The van der Waals surface area contributed by atoms with Gasteiger partial charge in [0.15, 0.2) is 5.11 Å². The van der Waals surface area contributed by atoms with Crippen LogP contribution in [-0.2, 0) is 5.41 Å². The normalized spacial score (nSPS) is 11.0. The van der Waals surface area contributed by atoms with Gasteiger partial charge in [0.1, 0.15) is 5.15 Å². The van der Waals surface area contributed by atoms with E-state index < -0.39 is 0 Å². The molecule has 0 unspecified atom stereocenters. The van der Waals surface area contributed by atoms with Gasteiger partial charge in [-0.3, -0.25) is 10.1 Å². The fourth-order valence-electron chi connectivity index (χ4n) is 1.91. The third-order valence-corrected chi connectivity index (χ3v) is 3.65. The summed E-state index contributed by atoms with van der Waals surface area (Å²) in [6.07, 6.45) is 1.54. The van der Waals surface area contributed by atoms with E-state index in [2.05, 4.69) is 36.4 Å². The molecule has 0 saturated heterocycles. The molecule has 0 radical (unpaired) electrons. The van der Waals surface area contributed by atoms with Crippen LogP contribution in [-0.4, -0.2) is 16.0 Å². The summed E-state index contributed by atoms with van der Waals surface area (Å²) < 4.78 is 0. The molecule has 0 aliphatic carbocycles. The SMILES string of the molecule is CC(C)(C)c1ccc(C(=O)NC(=S)Nc2ccc(Cl)nc2)cc1. The minimum Gasteiger partial charge on any atom is -0.331 e. The second kappa shape index (κ2) is 7.06. The number of aromatic nitrogens is 1. The first-order valence-electron chi connectivity index (χ1n) is 7.10. The number of anilines is 1. The number of carbonyl (C=O) groups is 1. The summed E-state index contributed by atoms with van der Waals surface area (Å²) in [5.74, 6) is -0.259. The molecule has 1 amide bonds. The summed E-state index contributed by atoms with van der Waals surface area (Å²) in [6.45, 7) is 6.38. The monoisotopic (exact) mass is 347 g/mol. The van der Waals surface area contributed by atoms with E-state index in [1.54, 1.807) is 30.5 Å². The molecule has 2 aromatic rings. The minimum absolute atomic E-state index is 0.0491. The van der Waals surface area contributed by atoms with Crippen molar-refractivity contribution in [1.29, 1.82) is 0 Å². The summed E-state index contributed by atoms with van der Waals surface area (Å²) >= 11 is 10.8. The van der Waals surface area contributed by atoms with Crippen molar-refractivity contribution in [3.05, 3.63) is 58.9 Å². The van der Waals surface area contributed by atoms with Crippen LogP contribution in [0.1, 0.15) is 36.7 Å². The Kier molecular flexibility index (Phi) is 5.34. The molecule has 0 saturated carbocycles. The van der Waals surface area contributed by atoms with Crippen LogP contribution >= 0.6 is 23.8 Å². The molecule has 0 aliphatic heterocycles. The van der Waals surface area contributed by atoms with Crippen LogP contribution in [0.4, 0.5) is 5.69 Å². The number of benzene rings is 1. The maximum Gasteiger partial charge on any atom is 0.257 e. The van der Waals surface area contributed by atoms with Gasteiger partial charge in [-0.15, -0.1) is 0 Å². The van der Waals surface area contributed by atoms with E-state index in [1.807, 2.05) is 12.1 Å². The Morgan fingerprint density at radius 1 is 1.13 bits per heavy atom. The van der Waals surface area contributed by atoms with Crippen molar-refractivity contribution in [2.24, 2.45) is 0 Å². The zero-order valence-corrected chi connectivity index (χ0v) is 14.8. The van der Waals surface area contributed by atoms with E-state index in [-0.39, 0.29) is 16.4 Å². The Hall–Kier alpha value is -1.98. The molecule has 6 heteroatoms. The fourth-order valence-corrected chi connectivity index (χ4v) is 2.23. The third-order valence-electron chi connectivity index (χ3n) is 3.23. The summed E-state index contributed by atoms with van der Waals surface area (Å²) in [5.41, 5.74) is 2.43. The highest BCUT2D eigenvalue weighted by Gasteiger charge is 2.14. The van der Waals surface area contributed by atoms with Crippen LogP contribution in [0.3, 0.4) is 0 Å². The van der Waals surface area contributed by atoms with Crippen molar-refractivity contribution in [1.82, 2.24) is 10.3 Å². The third kappa shape index (κ3) is 5.01. The van der Waals surface area contributed by atoms with Gasteiger partial charge in [0, 0.05) is 5.56 Å². The van der Waals surface area contributed by atoms with E-state index in [1.165, 1.54) is 5.56 Å². The van der Waals surface area contributed by atoms with E-state index in [0.29, 0.717) is 16.4 Å². The maximum atomic E-state index is 12.2. The minimum atomic E-state index is -0.259. The molecule has 0 bridgehead atoms. The summed E-state index contributed by atoms with van der Waals surface area (Å²) in [5, 5.41) is 6.12. The van der Waals surface area contributed by atoms with Gasteiger partial charge >= 0.3 is 0 Å². The van der Waals surface area contributed by atoms with E-state index in [4.69, 9.17) is 23.8 Å². The zero-order chi connectivity index (χ0) is 17.0. The lowest BCUT2D eigenvalue weighted by molar-refractivity contribution is 0.0977. The number of rotatable bonds is 2. The summed E-state index contributed by atoms with van der Waals surface area (Å²) in [7, 11) is 0. The lowest BCUT2D eigenvalue weighted by Crippen LogP contribution is -2.34. The summed E-state index contributed by atoms with van der Waals surface area (Å²) in [6, 6.07) is 10.9. The maximum absolute atomic E-state index is 12.2. The Labute approximate surface area is 146 Å². The lowest BCUT2D eigenvalue weighted by atomic mass is 9.87. The van der Waals surface area contributed by atoms with E-state index >= 15 is 0 Å². The topological polar surface area (TPSA) is 54.0 Å². The molecule has 4 nitrogen and oxygen atoms in total. The first-order valence-corrected chi connectivity index (χ1v) is 7.89. The predicted molar refractivity (Wildman–Crippen MR) is 98.1 cm³/mol. The number of carbonyl (C=O) groups excluding carboxylic acids is 1. The van der Waals surface area contributed by atoms with Crippen molar-refractivity contribution in [3.8, 4) is 0 Å². The highest BCUT2D eigenvalue weighted by molar-refractivity contribution is 7.80. The quantitative estimate of drug-likeness (QED) is 0.632. The van der Waals surface area contributed by atoms with Crippen LogP contribution in [0.25, 0.3) is 0 Å². The zero-order valence-electron chi connectivity index (χ0n) is 13.2. The highest BCUT2D eigenvalue weighted by atomic mass is 35.5. The molecule has 1 heterocycles. The number of pyridine rings is 1. The molecular formula is C17H18ClN3OS. The van der Waals surface area contributed by atoms with Crippen molar-refractivity contribution in [2.75, 3.05) is 5.32 Å². The number of amides is 1. The number of hydrogen-bond acceptors (Lipinski definition) is 3. The van der Waals surface area contributed by atoms with Gasteiger partial charge in [0.25, 0.3) is 5.91 Å². The highest BCUT2D eigenvalue weighted by Crippen LogP contribution is 2.22. The Balaban J connectivity index is 1.98. The average Bonchev–Trinajstić information content (AvgIpc) is 2.49. The second-order valence-electron chi connectivity index (χ2n) is 6.11. The van der Waals surface area contributed by atoms with Crippen LogP contribution in [0.2, 0.25) is 5.15 Å². The molecule has 0 spiro atoms. The van der Waals surface area contributed by atoms with Gasteiger partial charge in [-0.2, -0.15) is 0 Å². The molecule has 0 fully saturated rings. The molecule has 2 rings (SSSR count). The molecule has 1 aromatic heterocycles. The first kappa shape index (κ1) is 17.4. The van der Waals surface area contributed by atoms with Gasteiger partial charge in [-0.1, -0.05) is 44.5 Å². The molecule has 0 aliphatic rings. The Morgan fingerprint density at radius 2 is 1.78 bits per heavy atom. The smallest absolute Gasteiger partial charge is 0.257 e. The van der Waals surface area contributed by atoms with Gasteiger partial charge in [0.2, 0.25) is 0 Å². The van der Waals surface area contributed by atoms with Crippen molar-refractivity contribution < 1.29 is 4.79 Å². The number of thiocarbonyl (C=S) groups is 1. The van der Waals surface area contributed by atoms with Crippen LogP contribution in [0.5, 0.6) is 0 Å². The fraction of sp³-hybridized carbons (Fsp3) is 0.235. The van der Waals surface area contributed by atoms with Crippen molar-refractivity contribution in [2.45, 2.75) is 26.2 Å². The molecule has 120 valence electrons. The van der Waals surface area contributed by atoms with Crippen molar-refractivity contribution in [3.63, 3.8) is 0 Å². The number of nitrogens with zero attached hydrogens (tertiary/aromatic N) is 1. The average molecular weight is 348 g/mol. The number of halogens is 1. The Morgan fingerprint density at radius 3 is 2.30 bits per heavy atom. The molecule has 2 N–H and O–H groups in total. The van der Waals surface area contributed by atoms with Gasteiger partial charge in [-0.25, -0.2) is 4.98 Å². The van der Waals surface area contributed by atoms with Gasteiger partial charge in [-0.05, 0) is 47.5 Å². The van der Waals surface area contributed by atoms with Gasteiger partial charge in [0.05, 0.1) is 11.9 Å². The predicted octanol–water partition coefficient (Wildman–Crippen LogP) is 4.16. The standard InChI is InChI=1S/C17H18ClN3OS/c1-17(2,3)12-6-4-11(5-7-12)15(22)21-16(23)20-13-8-9-14(18)19-10-13/h4-10H,1-3H3,(H2,20,21,22,23). The molecule has 1 aromatic carbocycles. The van der Waals surface area contributed by atoms with Gasteiger partial charge < -0.3 is 5.32 Å². The Bertz CT molecular complexity index is 706. The van der Waals surface area contributed by atoms with E-state index in [0.717, 1.165) is 0 Å². The molecular weight excluding hydrogens is 330 g/mol. The van der Waals surface area contributed by atoms with Crippen LogP contribution < -0.4 is 10.6 Å². The molecule has 0 atom stereocenters. The van der Waals surface area contributed by atoms with Crippen molar-refractivity contribution >= 4 is 40.5 Å². The number of hydrogen-bond donors (Lipinski definition) is 2. The largest absolute Gasteiger partial charge is 0.331 e. The summed E-state index contributed by atoms with van der Waals surface area (Å²) in [4.78, 5) is 16.1. The first-order chi connectivity index (χ1) is 10.8.